The molecular formula is C16H18N4OS. The van der Waals surface area contributed by atoms with Crippen molar-refractivity contribution in [3.63, 3.8) is 0 Å². The van der Waals surface area contributed by atoms with Crippen molar-refractivity contribution < 1.29 is 4.74 Å². The van der Waals surface area contributed by atoms with E-state index in [1.165, 1.54) is 0 Å². The van der Waals surface area contributed by atoms with Crippen LogP contribution in [0.3, 0.4) is 0 Å². The van der Waals surface area contributed by atoms with Crippen molar-refractivity contribution in [3.05, 3.63) is 59.9 Å². The van der Waals surface area contributed by atoms with Gasteiger partial charge in [-0.2, -0.15) is 5.10 Å². The third-order valence-corrected chi connectivity index (χ3v) is 2.99. The second kappa shape index (κ2) is 8.74. The van der Waals surface area contributed by atoms with Crippen LogP contribution in [0.2, 0.25) is 0 Å². The van der Waals surface area contributed by atoms with Crippen LogP contribution in [0.5, 0.6) is 5.75 Å². The number of ether oxygens (including phenoxy) is 1. The second-order valence-corrected chi connectivity index (χ2v) is 4.82. The Labute approximate surface area is 135 Å². The molecular weight excluding hydrogens is 296 g/mol. The van der Waals surface area contributed by atoms with Crippen LogP contribution in [-0.4, -0.2) is 22.9 Å². The summed E-state index contributed by atoms with van der Waals surface area (Å²) < 4.78 is 5.40. The maximum atomic E-state index is 5.40. The first-order valence-corrected chi connectivity index (χ1v) is 7.37. The average molecular weight is 314 g/mol. The molecule has 0 aliphatic rings. The van der Waals surface area contributed by atoms with E-state index >= 15 is 0 Å². The van der Waals surface area contributed by atoms with Crippen molar-refractivity contribution in [1.82, 2.24) is 15.7 Å². The topological polar surface area (TPSA) is 58.5 Å². The molecule has 0 saturated carbocycles. The van der Waals surface area contributed by atoms with Crippen molar-refractivity contribution in [3.8, 4) is 5.75 Å². The van der Waals surface area contributed by atoms with Crippen LogP contribution in [0.4, 0.5) is 0 Å². The molecule has 114 valence electrons. The molecule has 0 fully saturated rings. The van der Waals surface area contributed by atoms with E-state index in [1.807, 2.05) is 43.3 Å². The molecule has 6 heteroatoms. The van der Waals surface area contributed by atoms with Gasteiger partial charge in [0.2, 0.25) is 0 Å². The molecule has 0 saturated heterocycles. The van der Waals surface area contributed by atoms with Gasteiger partial charge in [0.25, 0.3) is 0 Å². The van der Waals surface area contributed by atoms with E-state index in [4.69, 9.17) is 17.0 Å². The Morgan fingerprint density at radius 1 is 1.32 bits per heavy atom. The van der Waals surface area contributed by atoms with Crippen molar-refractivity contribution in [2.45, 2.75) is 13.5 Å². The fourth-order valence-corrected chi connectivity index (χ4v) is 1.83. The van der Waals surface area contributed by atoms with Crippen molar-refractivity contribution in [2.75, 3.05) is 6.61 Å². The number of pyridine rings is 1. The van der Waals surface area contributed by atoms with Gasteiger partial charge in [0.1, 0.15) is 5.75 Å². The molecule has 2 N–H and O–H groups in total. The lowest BCUT2D eigenvalue weighted by Gasteiger charge is -2.08. The Hall–Kier alpha value is -2.47. The molecule has 0 amide bonds. The predicted octanol–water partition coefficient (Wildman–Crippen LogP) is 2.48. The number of aromatic nitrogens is 1. The third-order valence-electron chi connectivity index (χ3n) is 2.75. The first-order valence-electron chi connectivity index (χ1n) is 6.96. The summed E-state index contributed by atoms with van der Waals surface area (Å²) in [5, 5.41) is 7.61. The zero-order valence-corrected chi connectivity index (χ0v) is 13.1. The smallest absolute Gasteiger partial charge is 0.187 e. The molecule has 5 nitrogen and oxygen atoms in total. The third kappa shape index (κ3) is 5.49. The van der Waals surface area contributed by atoms with E-state index in [-0.39, 0.29) is 0 Å². The molecule has 2 rings (SSSR count). The van der Waals surface area contributed by atoms with Gasteiger partial charge in [-0.3, -0.25) is 10.4 Å². The highest BCUT2D eigenvalue weighted by molar-refractivity contribution is 7.80. The number of nitrogens with one attached hydrogen (secondary N) is 2. The minimum atomic E-state index is 0.467. The van der Waals surface area contributed by atoms with Crippen LogP contribution in [0, 0.1) is 0 Å². The first-order chi connectivity index (χ1) is 10.8. The maximum absolute atomic E-state index is 5.40. The van der Waals surface area contributed by atoms with Gasteiger partial charge in [0.15, 0.2) is 5.11 Å². The molecule has 1 aromatic carbocycles. The molecule has 0 spiro atoms. The molecule has 2 aromatic rings. The molecule has 1 aromatic heterocycles. The summed E-state index contributed by atoms with van der Waals surface area (Å²) in [7, 11) is 0. The van der Waals surface area contributed by atoms with E-state index in [2.05, 4.69) is 20.8 Å². The van der Waals surface area contributed by atoms with E-state index in [9.17, 15) is 0 Å². The lowest BCUT2D eigenvalue weighted by molar-refractivity contribution is 0.340. The Balaban J connectivity index is 1.74. The molecule has 0 atom stereocenters. The van der Waals surface area contributed by atoms with Crippen molar-refractivity contribution in [2.24, 2.45) is 5.10 Å². The highest BCUT2D eigenvalue weighted by Crippen LogP contribution is 2.11. The molecule has 0 aliphatic heterocycles. The summed E-state index contributed by atoms with van der Waals surface area (Å²) in [6.45, 7) is 3.26. The SMILES string of the molecule is CCOc1ccc(CNC(=S)NN=Cc2cccnc2)cc1. The van der Waals surface area contributed by atoms with Gasteiger partial charge < -0.3 is 10.1 Å². The lowest BCUT2D eigenvalue weighted by atomic mass is 10.2. The zero-order valence-electron chi connectivity index (χ0n) is 12.3. The molecule has 1 heterocycles. The normalized spacial score (nSPS) is 10.4. The van der Waals surface area contributed by atoms with Crippen LogP contribution >= 0.6 is 12.2 Å². The van der Waals surface area contributed by atoms with Crippen LogP contribution < -0.4 is 15.5 Å². The number of thiocarbonyl (C=S) groups is 1. The zero-order chi connectivity index (χ0) is 15.6. The molecule has 22 heavy (non-hydrogen) atoms. The quantitative estimate of drug-likeness (QED) is 0.487. The lowest BCUT2D eigenvalue weighted by Crippen LogP contribution is -2.31. The summed E-state index contributed by atoms with van der Waals surface area (Å²) in [6.07, 6.45) is 5.10. The van der Waals surface area contributed by atoms with Gasteiger partial charge in [0.05, 0.1) is 12.8 Å². The maximum Gasteiger partial charge on any atom is 0.187 e. The summed E-state index contributed by atoms with van der Waals surface area (Å²) in [4.78, 5) is 4.00. The largest absolute Gasteiger partial charge is 0.494 e. The first kappa shape index (κ1) is 15.9. The minimum Gasteiger partial charge on any atom is -0.494 e. The second-order valence-electron chi connectivity index (χ2n) is 4.42. The summed E-state index contributed by atoms with van der Waals surface area (Å²) in [5.41, 5.74) is 4.79. The van der Waals surface area contributed by atoms with E-state index < -0.39 is 0 Å². The molecule has 0 aliphatic carbocycles. The number of benzene rings is 1. The summed E-state index contributed by atoms with van der Waals surface area (Å²) in [5.74, 6) is 0.869. The highest BCUT2D eigenvalue weighted by Gasteiger charge is 1.97. The minimum absolute atomic E-state index is 0.467. The van der Waals surface area contributed by atoms with Crippen LogP contribution in [0.25, 0.3) is 0 Å². The van der Waals surface area contributed by atoms with Gasteiger partial charge in [-0.15, -0.1) is 0 Å². The van der Waals surface area contributed by atoms with Crippen LogP contribution in [-0.2, 0) is 6.54 Å². The fraction of sp³-hybridized carbons (Fsp3) is 0.188. The van der Waals surface area contributed by atoms with Gasteiger partial charge in [-0.1, -0.05) is 18.2 Å². The van der Waals surface area contributed by atoms with E-state index in [0.717, 1.165) is 16.9 Å². The van der Waals surface area contributed by atoms with E-state index in [1.54, 1.807) is 18.6 Å². The van der Waals surface area contributed by atoms with Crippen LogP contribution in [0.15, 0.2) is 53.9 Å². The van der Waals surface area contributed by atoms with Gasteiger partial charge >= 0.3 is 0 Å². The van der Waals surface area contributed by atoms with Gasteiger partial charge in [0, 0.05) is 24.5 Å². The standard InChI is InChI=1S/C16H18N4OS/c1-2-21-15-7-5-13(6-8-15)11-18-16(22)20-19-12-14-4-3-9-17-10-14/h3-10,12H,2,11H2,1H3,(H2,18,20,22). The van der Waals surface area contributed by atoms with Crippen molar-refractivity contribution >= 4 is 23.5 Å². The van der Waals surface area contributed by atoms with Crippen molar-refractivity contribution in [1.29, 1.82) is 0 Å². The van der Waals surface area contributed by atoms with Gasteiger partial charge in [-0.05, 0) is 42.9 Å². The number of hydrazone groups is 1. The number of hydrogen-bond donors (Lipinski definition) is 2. The van der Waals surface area contributed by atoms with Gasteiger partial charge in [-0.25, -0.2) is 0 Å². The number of nitrogens with zero attached hydrogens (tertiary/aromatic N) is 2. The Morgan fingerprint density at radius 3 is 2.82 bits per heavy atom. The van der Waals surface area contributed by atoms with E-state index in [0.29, 0.717) is 18.3 Å². The Bertz CT molecular complexity index is 614. The average Bonchev–Trinajstić information content (AvgIpc) is 2.55. The van der Waals surface area contributed by atoms with Crippen LogP contribution in [0.1, 0.15) is 18.1 Å². The Morgan fingerprint density at radius 2 is 2.14 bits per heavy atom. The highest BCUT2D eigenvalue weighted by atomic mass is 32.1. The molecule has 0 bridgehead atoms. The summed E-state index contributed by atoms with van der Waals surface area (Å²) in [6, 6.07) is 11.6. The number of hydrogen-bond acceptors (Lipinski definition) is 4. The summed E-state index contributed by atoms with van der Waals surface area (Å²) >= 11 is 5.16. The monoisotopic (exact) mass is 314 g/mol. The molecule has 0 unspecified atom stereocenters. The predicted molar refractivity (Wildman–Crippen MR) is 92.0 cm³/mol. The molecule has 0 radical (unpaired) electrons. The number of rotatable bonds is 6. The Kier molecular flexibility index (Phi) is 6.32. The fourth-order valence-electron chi connectivity index (χ4n) is 1.71.